The van der Waals surface area contributed by atoms with Gasteiger partial charge in [0.05, 0.1) is 4.92 Å². The second-order valence-corrected chi connectivity index (χ2v) is 5.17. The second-order valence-electron chi connectivity index (χ2n) is 4.38. The lowest BCUT2D eigenvalue weighted by molar-refractivity contribution is -0.385. The van der Waals surface area contributed by atoms with Crippen LogP contribution in [0.5, 0.6) is 0 Å². The lowest BCUT2D eigenvalue weighted by Gasteiger charge is -2.09. The van der Waals surface area contributed by atoms with Crippen molar-refractivity contribution in [1.82, 2.24) is 0 Å². The summed E-state index contributed by atoms with van der Waals surface area (Å²) in [6.07, 6.45) is 0. The second kappa shape index (κ2) is 6.00. The van der Waals surface area contributed by atoms with Crippen molar-refractivity contribution in [2.75, 3.05) is 5.32 Å². The molecule has 1 N–H and O–H groups in total. The molecule has 0 saturated heterocycles. The third kappa shape index (κ3) is 3.33. The predicted octanol–water partition coefficient (Wildman–Crippen LogP) is 4.42. The van der Waals surface area contributed by atoms with E-state index < -0.39 is 4.92 Å². The lowest BCUT2D eigenvalue weighted by atomic mass is 10.2. The molecule has 0 aromatic heterocycles. The molecule has 4 nitrogen and oxygen atoms in total. The summed E-state index contributed by atoms with van der Waals surface area (Å²) in [5, 5.41) is 13.9. The van der Waals surface area contributed by atoms with Crippen LogP contribution in [-0.2, 0) is 6.54 Å². The molecule has 0 aliphatic heterocycles. The van der Waals surface area contributed by atoms with Gasteiger partial charge in [0.2, 0.25) is 0 Å². The molecule has 6 heteroatoms. The number of halogens is 2. The molecule has 2 aromatic carbocycles. The summed E-state index contributed by atoms with van der Waals surface area (Å²) < 4.78 is 13.7. The maximum absolute atomic E-state index is 13.3. The van der Waals surface area contributed by atoms with E-state index in [1.807, 2.05) is 6.07 Å². The zero-order chi connectivity index (χ0) is 14.7. The fourth-order valence-corrected chi connectivity index (χ4v) is 2.43. The number of hydrogen-bond acceptors (Lipinski definition) is 3. The third-order valence-corrected chi connectivity index (χ3v) is 3.70. The van der Waals surface area contributed by atoms with Crippen LogP contribution in [0.15, 0.2) is 40.9 Å². The van der Waals surface area contributed by atoms with Gasteiger partial charge in [0.15, 0.2) is 0 Å². The molecule has 0 atom stereocenters. The molecule has 0 bridgehead atoms. The normalized spacial score (nSPS) is 10.3. The van der Waals surface area contributed by atoms with Crippen LogP contribution in [0.25, 0.3) is 0 Å². The van der Waals surface area contributed by atoms with Crippen LogP contribution in [0.1, 0.15) is 11.1 Å². The van der Waals surface area contributed by atoms with Crippen LogP contribution in [0.4, 0.5) is 15.8 Å². The van der Waals surface area contributed by atoms with Crippen molar-refractivity contribution in [3.63, 3.8) is 0 Å². The highest BCUT2D eigenvalue weighted by atomic mass is 79.9. The van der Waals surface area contributed by atoms with Crippen molar-refractivity contribution in [1.29, 1.82) is 0 Å². The minimum atomic E-state index is -0.445. The highest BCUT2D eigenvalue weighted by molar-refractivity contribution is 9.10. The van der Waals surface area contributed by atoms with Crippen LogP contribution < -0.4 is 5.32 Å². The summed E-state index contributed by atoms with van der Waals surface area (Å²) in [4.78, 5) is 10.4. The van der Waals surface area contributed by atoms with E-state index in [4.69, 9.17) is 0 Å². The zero-order valence-electron chi connectivity index (χ0n) is 10.7. The van der Waals surface area contributed by atoms with Gasteiger partial charge in [-0.05, 0) is 52.2 Å². The first-order valence-corrected chi connectivity index (χ1v) is 6.69. The van der Waals surface area contributed by atoms with Gasteiger partial charge in [-0.25, -0.2) is 4.39 Å². The summed E-state index contributed by atoms with van der Waals surface area (Å²) in [7, 11) is 0. The van der Waals surface area contributed by atoms with Crippen LogP contribution in [0.2, 0.25) is 0 Å². The number of nitrogens with zero attached hydrogens (tertiary/aromatic N) is 1. The first-order valence-electron chi connectivity index (χ1n) is 5.90. The smallest absolute Gasteiger partial charge is 0.283 e. The van der Waals surface area contributed by atoms with Crippen LogP contribution in [0, 0.1) is 22.9 Å². The monoisotopic (exact) mass is 338 g/mol. The molecule has 0 radical (unpaired) electrons. The Hall–Kier alpha value is -1.95. The Morgan fingerprint density at radius 2 is 2.10 bits per heavy atom. The summed E-state index contributed by atoms with van der Waals surface area (Å²) in [5.41, 5.74) is 2.20. The first-order chi connectivity index (χ1) is 9.47. The third-order valence-electron chi connectivity index (χ3n) is 2.78. The molecule has 0 aliphatic rings. The number of nitrogens with one attached hydrogen (secondary N) is 1. The van der Waals surface area contributed by atoms with Crippen molar-refractivity contribution in [3.8, 4) is 0 Å². The van der Waals surface area contributed by atoms with E-state index in [0.717, 1.165) is 11.1 Å². The Morgan fingerprint density at radius 1 is 1.35 bits per heavy atom. The molecule has 2 rings (SSSR count). The molecule has 0 amide bonds. The van der Waals surface area contributed by atoms with Crippen molar-refractivity contribution < 1.29 is 9.31 Å². The first kappa shape index (κ1) is 14.5. The molecular weight excluding hydrogens is 327 g/mol. The zero-order valence-corrected chi connectivity index (χ0v) is 12.3. The Kier molecular flexibility index (Phi) is 4.34. The molecular formula is C14H12BrFN2O2. The van der Waals surface area contributed by atoms with Gasteiger partial charge in [0.25, 0.3) is 5.69 Å². The molecule has 20 heavy (non-hydrogen) atoms. The number of aryl methyl sites for hydroxylation is 1. The van der Waals surface area contributed by atoms with Gasteiger partial charge >= 0.3 is 0 Å². The number of rotatable bonds is 4. The highest BCUT2D eigenvalue weighted by Gasteiger charge is 2.14. The van der Waals surface area contributed by atoms with Gasteiger partial charge in [-0.1, -0.05) is 12.1 Å². The number of nitro benzene ring substituents is 1. The SMILES string of the molecule is Cc1cc(F)cc(NCc2cccc([N+](=O)[O-])c2Br)c1. The van der Waals surface area contributed by atoms with E-state index in [-0.39, 0.29) is 11.5 Å². The summed E-state index contributed by atoms with van der Waals surface area (Å²) >= 11 is 3.23. The molecule has 0 heterocycles. The molecule has 0 spiro atoms. The quantitative estimate of drug-likeness (QED) is 0.663. The van der Waals surface area contributed by atoms with E-state index in [0.29, 0.717) is 16.7 Å². The molecule has 2 aromatic rings. The van der Waals surface area contributed by atoms with E-state index in [2.05, 4.69) is 21.2 Å². The molecule has 0 aliphatic carbocycles. The Morgan fingerprint density at radius 3 is 2.75 bits per heavy atom. The van der Waals surface area contributed by atoms with Crippen molar-refractivity contribution >= 4 is 27.3 Å². The molecule has 0 saturated carbocycles. The van der Waals surface area contributed by atoms with Gasteiger partial charge in [0, 0.05) is 18.3 Å². The largest absolute Gasteiger partial charge is 0.381 e. The number of anilines is 1. The van der Waals surface area contributed by atoms with Gasteiger partial charge in [-0.15, -0.1) is 0 Å². The predicted molar refractivity (Wildman–Crippen MR) is 79.3 cm³/mol. The lowest BCUT2D eigenvalue weighted by Crippen LogP contribution is -2.02. The van der Waals surface area contributed by atoms with Crippen molar-refractivity contribution in [3.05, 3.63) is 67.9 Å². The minimum Gasteiger partial charge on any atom is -0.381 e. The molecule has 0 unspecified atom stereocenters. The fraction of sp³-hybridized carbons (Fsp3) is 0.143. The number of benzene rings is 2. The van der Waals surface area contributed by atoms with Gasteiger partial charge in [-0.2, -0.15) is 0 Å². The minimum absolute atomic E-state index is 0.0136. The van der Waals surface area contributed by atoms with Crippen molar-refractivity contribution in [2.24, 2.45) is 0 Å². The highest BCUT2D eigenvalue weighted by Crippen LogP contribution is 2.28. The van der Waals surface area contributed by atoms with E-state index >= 15 is 0 Å². The van der Waals surface area contributed by atoms with E-state index in [9.17, 15) is 14.5 Å². The molecule has 104 valence electrons. The average molecular weight is 339 g/mol. The van der Waals surface area contributed by atoms with Crippen LogP contribution >= 0.6 is 15.9 Å². The maximum atomic E-state index is 13.3. The number of nitro groups is 1. The maximum Gasteiger partial charge on any atom is 0.283 e. The summed E-state index contributed by atoms with van der Waals surface area (Å²) in [6.45, 7) is 2.17. The van der Waals surface area contributed by atoms with E-state index in [1.54, 1.807) is 19.1 Å². The summed E-state index contributed by atoms with van der Waals surface area (Å²) in [6, 6.07) is 9.47. The topological polar surface area (TPSA) is 55.2 Å². The van der Waals surface area contributed by atoms with Crippen LogP contribution in [-0.4, -0.2) is 4.92 Å². The molecule has 0 fully saturated rings. The van der Waals surface area contributed by atoms with Gasteiger partial charge in [0.1, 0.15) is 10.3 Å². The van der Waals surface area contributed by atoms with Gasteiger partial charge < -0.3 is 5.32 Å². The van der Waals surface area contributed by atoms with Crippen LogP contribution in [0.3, 0.4) is 0 Å². The Balaban J connectivity index is 2.19. The fourth-order valence-electron chi connectivity index (χ4n) is 1.88. The summed E-state index contributed by atoms with van der Waals surface area (Å²) in [5.74, 6) is -0.314. The van der Waals surface area contributed by atoms with Gasteiger partial charge in [-0.3, -0.25) is 10.1 Å². The van der Waals surface area contributed by atoms with E-state index in [1.165, 1.54) is 18.2 Å². The standard InChI is InChI=1S/C14H12BrFN2O2/c1-9-5-11(16)7-12(6-9)17-8-10-3-2-4-13(14(10)15)18(19)20/h2-7,17H,8H2,1H3. The average Bonchev–Trinajstić information content (AvgIpc) is 2.36. The Labute approximate surface area is 123 Å². The Bertz CT molecular complexity index is 641. The number of hydrogen-bond donors (Lipinski definition) is 1. The van der Waals surface area contributed by atoms with Crippen molar-refractivity contribution in [2.45, 2.75) is 13.5 Å².